The molecule has 0 aliphatic heterocycles. The van der Waals surface area contributed by atoms with Gasteiger partial charge in [-0.3, -0.25) is 0 Å². The van der Waals surface area contributed by atoms with Gasteiger partial charge in [0.25, 0.3) is 0 Å². The first kappa shape index (κ1) is 14.4. The standard InChI is InChI=1S/C16H20N2O2/c1-11(2)18-9-12(3)10-19-16-13-6-4-5-7-14(13)20-15(16)8-17/h4-7,11-12,18H,9-10H2,1-3H3. The molecule has 0 aliphatic carbocycles. The number of nitrogens with one attached hydrogen (secondary N) is 1. The van der Waals surface area contributed by atoms with E-state index in [1.165, 1.54) is 0 Å². The molecule has 0 radical (unpaired) electrons. The van der Waals surface area contributed by atoms with Gasteiger partial charge in [-0.25, -0.2) is 0 Å². The average Bonchev–Trinajstić information content (AvgIpc) is 2.80. The van der Waals surface area contributed by atoms with Crippen molar-refractivity contribution in [1.29, 1.82) is 5.26 Å². The second-order valence-corrected chi connectivity index (χ2v) is 5.35. The Morgan fingerprint density at radius 1 is 1.30 bits per heavy atom. The van der Waals surface area contributed by atoms with E-state index in [0.717, 1.165) is 11.9 Å². The van der Waals surface area contributed by atoms with Crippen LogP contribution in [0.1, 0.15) is 26.5 Å². The number of nitriles is 1. The van der Waals surface area contributed by atoms with Crippen LogP contribution in [0.3, 0.4) is 0 Å². The van der Waals surface area contributed by atoms with Gasteiger partial charge in [0.1, 0.15) is 11.7 Å². The smallest absolute Gasteiger partial charge is 0.246 e. The Morgan fingerprint density at radius 2 is 2.05 bits per heavy atom. The van der Waals surface area contributed by atoms with E-state index in [0.29, 0.717) is 29.9 Å². The minimum absolute atomic E-state index is 0.246. The second kappa shape index (κ2) is 6.44. The largest absolute Gasteiger partial charge is 0.488 e. The molecule has 20 heavy (non-hydrogen) atoms. The molecule has 106 valence electrons. The predicted molar refractivity (Wildman–Crippen MR) is 78.7 cm³/mol. The lowest BCUT2D eigenvalue weighted by molar-refractivity contribution is 0.252. The number of hydrogen-bond donors (Lipinski definition) is 1. The van der Waals surface area contributed by atoms with Crippen LogP contribution in [0.15, 0.2) is 28.7 Å². The number of fused-ring (bicyclic) bond motifs is 1. The van der Waals surface area contributed by atoms with Crippen molar-refractivity contribution in [3.8, 4) is 11.8 Å². The fourth-order valence-electron chi connectivity index (χ4n) is 1.96. The Hall–Kier alpha value is -1.99. The monoisotopic (exact) mass is 272 g/mol. The van der Waals surface area contributed by atoms with Gasteiger partial charge in [-0.05, 0) is 12.1 Å². The van der Waals surface area contributed by atoms with Crippen molar-refractivity contribution in [1.82, 2.24) is 5.32 Å². The fourth-order valence-corrected chi connectivity index (χ4v) is 1.96. The number of furan rings is 1. The number of nitrogens with zero attached hydrogens (tertiary/aromatic N) is 1. The predicted octanol–water partition coefficient (Wildman–Crippen LogP) is 3.32. The van der Waals surface area contributed by atoms with Gasteiger partial charge in [0.2, 0.25) is 5.76 Å². The van der Waals surface area contributed by atoms with Crippen LogP contribution in [0.5, 0.6) is 5.75 Å². The molecule has 4 nitrogen and oxygen atoms in total. The topological polar surface area (TPSA) is 58.2 Å². The first-order chi connectivity index (χ1) is 9.61. The van der Waals surface area contributed by atoms with E-state index < -0.39 is 0 Å². The molecule has 0 spiro atoms. The van der Waals surface area contributed by atoms with Crippen LogP contribution < -0.4 is 10.1 Å². The summed E-state index contributed by atoms with van der Waals surface area (Å²) in [5.41, 5.74) is 0.687. The van der Waals surface area contributed by atoms with Gasteiger partial charge in [0.05, 0.1) is 12.0 Å². The lowest BCUT2D eigenvalue weighted by Gasteiger charge is -2.15. The molecule has 1 atom stereocenters. The summed E-state index contributed by atoms with van der Waals surface area (Å²) in [7, 11) is 0. The molecule has 0 amide bonds. The first-order valence-electron chi connectivity index (χ1n) is 6.89. The zero-order chi connectivity index (χ0) is 14.5. The normalized spacial score (nSPS) is 12.6. The zero-order valence-electron chi connectivity index (χ0n) is 12.1. The van der Waals surface area contributed by atoms with Gasteiger partial charge in [-0.2, -0.15) is 5.26 Å². The fraction of sp³-hybridized carbons (Fsp3) is 0.438. The Kier molecular flexibility index (Phi) is 4.65. The summed E-state index contributed by atoms with van der Waals surface area (Å²) >= 11 is 0. The molecule has 0 saturated heterocycles. The highest BCUT2D eigenvalue weighted by Crippen LogP contribution is 2.32. The van der Waals surface area contributed by atoms with Crippen LogP contribution in [0.4, 0.5) is 0 Å². The van der Waals surface area contributed by atoms with E-state index in [9.17, 15) is 0 Å². The molecule has 4 heteroatoms. The van der Waals surface area contributed by atoms with Gasteiger partial charge in [-0.1, -0.05) is 32.9 Å². The third-order valence-electron chi connectivity index (χ3n) is 3.04. The summed E-state index contributed by atoms with van der Waals surface area (Å²) < 4.78 is 11.3. The Balaban J connectivity index is 2.07. The van der Waals surface area contributed by atoms with Crippen LogP contribution >= 0.6 is 0 Å². The quantitative estimate of drug-likeness (QED) is 0.876. The third-order valence-corrected chi connectivity index (χ3v) is 3.04. The number of para-hydroxylation sites is 1. The van der Waals surface area contributed by atoms with Crippen LogP contribution in [0, 0.1) is 17.2 Å². The van der Waals surface area contributed by atoms with Crippen molar-refractivity contribution in [2.75, 3.05) is 13.2 Å². The van der Waals surface area contributed by atoms with Crippen molar-refractivity contribution < 1.29 is 9.15 Å². The Labute approximate surface area is 119 Å². The molecule has 1 heterocycles. The number of benzene rings is 1. The van der Waals surface area contributed by atoms with Crippen LogP contribution in [-0.4, -0.2) is 19.2 Å². The summed E-state index contributed by atoms with van der Waals surface area (Å²) in [4.78, 5) is 0. The molecule has 1 N–H and O–H groups in total. The van der Waals surface area contributed by atoms with Crippen molar-refractivity contribution in [3.63, 3.8) is 0 Å². The first-order valence-corrected chi connectivity index (χ1v) is 6.89. The maximum absolute atomic E-state index is 9.12. The van der Waals surface area contributed by atoms with Gasteiger partial charge in [0, 0.05) is 18.5 Å². The number of rotatable bonds is 6. The molecule has 0 bridgehead atoms. The van der Waals surface area contributed by atoms with E-state index in [2.05, 4.69) is 32.2 Å². The maximum atomic E-state index is 9.12. The van der Waals surface area contributed by atoms with Crippen molar-refractivity contribution in [2.24, 2.45) is 5.92 Å². The average molecular weight is 272 g/mol. The van der Waals surface area contributed by atoms with E-state index in [4.69, 9.17) is 14.4 Å². The lowest BCUT2D eigenvalue weighted by atomic mass is 10.2. The van der Waals surface area contributed by atoms with Crippen LogP contribution in [0.25, 0.3) is 11.0 Å². The molecule has 1 unspecified atom stereocenters. The Bertz CT molecular complexity index is 610. The van der Waals surface area contributed by atoms with E-state index in [1.807, 2.05) is 24.3 Å². The molecule has 2 rings (SSSR count). The minimum Gasteiger partial charge on any atom is -0.488 e. The summed E-state index contributed by atoms with van der Waals surface area (Å²) in [6.45, 7) is 7.78. The summed E-state index contributed by atoms with van der Waals surface area (Å²) in [6, 6.07) is 10.1. The summed E-state index contributed by atoms with van der Waals surface area (Å²) in [6.07, 6.45) is 0. The summed E-state index contributed by atoms with van der Waals surface area (Å²) in [5, 5.41) is 13.4. The zero-order valence-corrected chi connectivity index (χ0v) is 12.1. The summed E-state index contributed by atoms with van der Waals surface area (Å²) in [5.74, 6) is 1.16. The lowest BCUT2D eigenvalue weighted by Crippen LogP contribution is -2.30. The van der Waals surface area contributed by atoms with Gasteiger partial charge < -0.3 is 14.5 Å². The highest BCUT2D eigenvalue weighted by Gasteiger charge is 2.16. The highest BCUT2D eigenvalue weighted by molar-refractivity contribution is 5.86. The van der Waals surface area contributed by atoms with Crippen molar-refractivity contribution >= 4 is 11.0 Å². The third kappa shape index (κ3) is 3.31. The van der Waals surface area contributed by atoms with Crippen molar-refractivity contribution in [2.45, 2.75) is 26.8 Å². The number of hydrogen-bond acceptors (Lipinski definition) is 4. The maximum Gasteiger partial charge on any atom is 0.246 e. The Morgan fingerprint density at radius 3 is 2.75 bits per heavy atom. The van der Waals surface area contributed by atoms with Gasteiger partial charge in [-0.15, -0.1) is 0 Å². The SMILES string of the molecule is CC(CNC(C)C)COc1c(C#N)oc2ccccc12. The molecule has 0 saturated carbocycles. The molecule has 0 aliphatic rings. The minimum atomic E-state index is 0.246. The molecule has 1 aromatic carbocycles. The molecule has 1 aromatic heterocycles. The van der Waals surface area contributed by atoms with Gasteiger partial charge >= 0.3 is 0 Å². The van der Waals surface area contributed by atoms with Gasteiger partial charge in [0.15, 0.2) is 5.75 Å². The highest BCUT2D eigenvalue weighted by atomic mass is 16.5. The van der Waals surface area contributed by atoms with E-state index >= 15 is 0 Å². The second-order valence-electron chi connectivity index (χ2n) is 5.35. The van der Waals surface area contributed by atoms with Crippen LogP contribution in [0.2, 0.25) is 0 Å². The molecular formula is C16H20N2O2. The van der Waals surface area contributed by atoms with Crippen LogP contribution in [-0.2, 0) is 0 Å². The molecular weight excluding hydrogens is 252 g/mol. The number of ether oxygens (including phenoxy) is 1. The molecule has 0 fully saturated rings. The van der Waals surface area contributed by atoms with Crippen molar-refractivity contribution in [3.05, 3.63) is 30.0 Å². The molecule has 2 aromatic rings. The van der Waals surface area contributed by atoms with E-state index in [1.54, 1.807) is 0 Å². The van der Waals surface area contributed by atoms with E-state index in [-0.39, 0.29) is 5.76 Å².